The molecule has 110 valence electrons. The SMILES string of the molecule is Cc1cc(-c2cc(F)cc(F)c2F)ncc1-c1ccccn1. The van der Waals surface area contributed by atoms with E-state index in [1.54, 1.807) is 18.3 Å². The molecule has 0 spiro atoms. The summed E-state index contributed by atoms with van der Waals surface area (Å²) in [4.78, 5) is 8.34. The maximum absolute atomic E-state index is 13.8. The van der Waals surface area contributed by atoms with Gasteiger partial charge < -0.3 is 0 Å². The van der Waals surface area contributed by atoms with Crippen LogP contribution in [-0.2, 0) is 0 Å². The summed E-state index contributed by atoms with van der Waals surface area (Å²) in [6.07, 6.45) is 3.18. The van der Waals surface area contributed by atoms with Crippen molar-refractivity contribution in [3.8, 4) is 22.5 Å². The van der Waals surface area contributed by atoms with Crippen LogP contribution in [0.2, 0.25) is 0 Å². The van der Waals surface area contributed by atoms with Gasteiger partial charge in [-0.2, -0.15) is 0 Å². The van der Waals surface area contributed by atoms with E-state index in [-0.39, 0.29) is 11.3 Å². The van der Waals surface area contributed by atoms with Gasteiger partial charge >= 0.3 is 0 Å². The number of pyridine rings is 2. The van der Waals surface area contributed by atoms with Crippen LogP contribution in [0.1, 0.15) is 5.56 Å². The first kappa shape index (κ1) is 14.3. The smallest absolute Gasteiger partial charge is 0.168 e. The topological polar surface area (TPSA) is 25.8 Å². The molecule has 2 aromatic heterocycles. The number of halogens is 3. The first-order valence-corrected chi connectivity index (χ1v) is 6.59. The summed E-state index contributed by atoms with van der Waals surface area (Å²) < 4.78 is 40.4. The Balaban J connectivity index is 2.10. The Morgan fingerprint density at radius 1 is 0.864 bits per heavy atom. The van der Waals surface area contributed by atoms with E-state index in [4.69, 9.17) is 0 Å². The number of benzene rings is 1. The van der Waals surface area contributed by atoms with E-state index in [0.717, 1.165) is 22.9 Å². The van der Waals surface area contributed by atoms with Gasteiger partial charge in [0.05, 0.1) is 11.4 Å². The third-order valence-corrected chi connectivity index (χ3v) is 3.32. The summed E-state index contributed by atoms with van der Waals surface area (Å²) in [5.74, 6) is -3.19. The molecule has 0 amide bonds. The van der Waals surface area contributed by atoms with Crippen LogP contribution < -0.4 is 0 Å². The molecule has 2 heterocycles. The summed E-state index contributed by atoms with van der Waals surface area (Å²) in [6.45, 7) is 1.81. The second-order valence-electron chi connectivity index (χ2n) is 4.85. The number of hydrogen-bond donors (Lipinski definition) is 0. The molecule has 22 heavy (non-hydrogen) atoms. The molecular formula is C17H11F3N2. The fourth-order valence-corrected chi connectivity index (χ4v) is 2.24. The van der Waals surface area contributed by atoms with Crippen molar-refractivity contribution in [1.29, 1.82) is 0 Å². The standard InChI is InChI=1S/C17H11F3N2/c1-10-6-16(12-7-11(18)8-14(19)17(12)20)22-9-13(10)15-4-2-3-5-21-15/h2-9H,1H3. The molecule has 0 saturated carbocycles. The fraction of sp³-hybridized carbons (Fsp3) is 0.0588. The summed E-state index contributed by atoms with van der Waals surface area (Å²) in [5, 5.41) is 0. The predicted molar refractivity (Wildman–Crippen MR) is 77.5 cm³/mol. The predicted octanol–water partition coefficient (Wildman–Crippen LogP) is 4.54. The Hall–Kier alpha value is -2.69. The fourth-order valence-electron chi connectivity index (χ4n) is 2.24. The molecular weight excluding hydrogens is 289 g/mol. The van der Waals surface area contributed by atoms with Gasteiger partial charge in [0.15, 0.2) is 11.6 Å². The highest BCUT2D eigenvalue weighted by Crippen LogP contribution is 2.28. The molecule has 0 bridgehead atoms. The largest absolute Gasteiger partial charge is 0.256 e. The van der Waals surface area contributed by atoms with E-state index in [1.165, 1.54) is 6.20 Å². The van der Waals surface area contributed by atoms with Crippen molar-refractivity contribution in [1.82, 2.24) is 9.97 Å². The lowest BCUT2D eigenvalue weighted by Gasteiger charge is -2.09. The molecule has 0 aliphatic heterocycles. The van der Waals surface area contributed by atoms with Crippen molar-refractivity contribution in [2.45, 2.75) is 6.92 Å². The first-order chi connectivity index (χ1) is 10.6. The van der Waals surface area contributed by atoms with Crippen molar-refractivity contribution in [2.24, 2.45) is 0 Å². The van der Waals surface area contributed by atoms with Crippen LogP contribution in [0.3, 0.4) is 0 Å². The second-order valence-corrected chi connectivity index (χ2v) is 4.85. The van der Waals surface area contributed by atoms with Crippen LogP contribution in [0.25, 0.3) is 22.5 Å². The number of aryl methyl sites for hydroxylation is 1. The summed E-state index contributed by atoms with van der Waals surface area (Å²) in [6, 6.07) is 8.49. The molecule has 0 aliphatic rings. The van der Waals surface area contributed by atoms with E-state index >= 15 is 0 Å². The zero-order valence-corrected chi connectivity index (χ0v) is 11.6. The molecule has 0 N–H and O–H groups in total. The Kier molecular flexibility index (Phi) is 3.63. The monoisotopic (exact) mass is 300 g/mol. The molecule has 1 aromatic carbocycles. The van der Waals surface area contributed by atoms with Crippen molar-refractivity contribution < 1.29 is 13.2 Å². The maximum atomic E-state index is 13.8. The summed E-state index contributed by atoms with van der Waals surface area (Å²) in [5.41, 5.74) is 2.26. The van der Waals surface area contributed by atoms with Gasteiger partial charge in [0.25, 0.3) is 0 Å². The van der Waals surface area contributed by atoms with E-state index in [1.807, 2.05) is 19.1 Å². The molecule has 3 rings (SSSR count). The number of hydrogen-bond acceptors (Lipinski definition) is 2. The van der Waals surface area contributed by atoms with Crippen LogP contribution >= 0.6 is 0 Å². The Bertz CT molecular complexity index is 833. The normalized spacial score (nSPS) is 10.7. The van der Waals surface area contributed by atoms with Crippen molar-refractivity contribution in [3.05, 3.63) is 71.8 Å². The van der Waals surface area contributed by atoms with Gasteiger partial charge in [0.2, 0.25) is 0 Å². The highest BCUT2D eigenvalue weighted by atomic mass is 19.2. The lowest BCUT2D eigenvalue weighted by atomic mass is 10.0. The Labute approximate surface area is 125 Å². The molecule has 0 unspecified atom stereocenters. The molecule has 0 aliphatic carbocycles. The van der Waals surface area contributed by atoms with E-state index in [0.29, 0.717) is 6.07 Å². The summed E-state index contributed by atoms with van der Waals surface area (Å²) in [7, 11) is 0. The average Bonchev–Trinajstić information content (AvgIpc) is 2.51. The van der Waals surface area contributed by atoms with Gasteiger partial charge in [-0.05, 0) is 36.8 Å². The number of aromatic nitrogens is 2. The minimum absolute atomic E-state index is 0.174. The lowest BCUT2D eigenvalue weighted by Crippen LogP contribution is -1.96. The van der Waals surface area contributed by atoms with Crippen LogP contribution in [0.5, 0.6) is 0 Å². The van der Waals surface area contributed by atoms with Crippen molar-refractivity contribution in [2.75, 3.05) is 0 Å². The minimum atomic E-state index is -1.23. The summed E-state index contributed by atoms with van der Waals surface area (Å²) >= 11 is 0. The third-order valence-electron chi connectivity index (χ3n) is 3.32. The lowest BCUT2D eigenvalue weighted by molar-refractivity contribution is 0.497. The van der Waals surface area contributed by atoms with Gasteiger partial charge in [-0.1, -0.05) is 6.07 Å². The van der Waals surface area contributed by atoms with Crippen molar-refractivity contribution in [3.63, 3.8) is 0 Å². The van der Waals surface area contributed by atoms with Crippen LogP contribution in [0, 0.1) is 24.4 Å². The Morgan fingerprint density at radius 2 is 1.68 bits per heavy atom. The van der Waals surface area contributed by atoms with Crippen LogP contribution in [-0.4, -0.2) is 9.97 Å². The highest BCUT2D eigenvalue weighted by Gasteiger charge is 2.15. The third kappa shape index (κ3) is 2.57. The van der Waals surface area contributed by atoms with Gasteiger partial charge in [-0.15, -0.1) is 0 Å². The number of rotatable bonds is 2. The highest BCUT2D eigenvalue weighted by molar-refractivity contribution is 5.68. The maximum Gasteiger partial charge on any atom is 0.168 e. The zero-order chi connectivity index (χ0) is 15.7. The molecule has 0 atom stereocenters. The molecule has 3 aromatic rings. The average molecular weight is 300 g/mol. The molecule has 2 nitrogen and oxygen atoms in total. The Morgan fingerprint density at radius 3 is 2.36 bits per heavy atom. The van der Waals surface area contributed by atoms with Gasteiger partial charge in [0.1, 0.15) is 5.82 Å². The van der Waals surface area contributed by atoms with E-state index in [2.05, 4.69) is 9.97 Å². The first-order valence-electron chi connectivity index (χ1n) is 6.59. The molecule has 0 fully saturated rings. The number of nitrogens with zero attached hydrogens (tertiary/aromatic N) is 2. The second kappa shape index (κ2) is 5.60. The van der Waals surface area contributed by atoms with Gasteiger partial charge in [0, 0.05) is 29.6 Å². The molecule has 0 saturated heterocycles. The van der Waals surface area contributed by atoms with Gasteiger partial charge in [-0.3, -0.25) is 9.97 Å². The molecule has 0 radical (unpaired) electrons. The minimum Gasteiger partial charge on any atom is -0.256 e. The molecule has 5 heteroatoms. The van der Waals surface area contributed by atoms with E-state index < -0.39 is 17.5 Å². The quantitative estimate of drug-likeness (QED) is 0.649. The van der Waals surface area contributed by atoms with Gasteiger partial charge in [-0.25, -0.2) is 13.2 Å². The van der Waals surface area contributed by atoms with Crippen LogP contribution in [0.4, 0.5) is 13.2 Å². The van der Waals surface area contributed by atoms with Crippen molar-refractivity contribution >= 4 is 0 Å². The van der Waals surface area contributed by atoms with E-state index in [9.17, 15) is 13.2 Å². The van der Waals surface area contributed by atoms with Crippen LogP contribution in [0.15, 0.2) is 48.8 Å². The zero-order valence-electron chi connectivity index (χ0n) is 11.6.